The second-order valence-electron chi connectivity index (χ2n) is 7.79. The Kier molecular flexibility index (Phi) is 6.82. The summed E-state index contributed by atoms with van der Waals surface area (Å²) in [5.41, 5.74) is 0.152. The number of thioether (sulfide) groups is 1. The van der Waals surface area contributed by atoms with Crippen molar-refractivity contribution in [2.75, 3.05) is 12.9 Å². The molecule has 11 heteroatoms. The Morgan fingerprint density at radius 1 is 1.18 bits per heavy atom. The zero-order chi connectivity index (χ0) is 24.4. The van der Waals surface area contributed by atoms with Gasteiger partial charge in [-0.15, -0.1) is 11.8 Å². The Morgan fingerprint density at radius 2 is 1.97 bits per heavy atom. The number of esters is 1. The molecule has 1 unspecified atom stereocenters. The molecule has 0 saturated carbocycles. The van der Waals surface area contributed by atoms with Crippen LogP contribution in [0.3, 0.4) is 0 Å². The molecule has 0 spiro atoms. The van der Waals surface area contributed by atoms with Gasteiger partial charge in [-0.1, -0.05) is 6.07 Å². The number of hydrogen-bond acceptors (Lipinski definition) is 7. The highest BCUT2D eigenvalue weighted by Crippen LogP contribution is 2.31. The van der Waals surface area contributed by atoms with Crippen molar-refractivity contribution in [2.45, 2.75) is 24.6 Å². The van der Waals surface area contributed by atoms with E-state index >= 15 is 0 Å². The largest absolute Gasteiger partial charge is 0.481 e. The van der Waals surface area contributed by atoms with Crippen LogP contribution in [0, 0.1) is 17.6 Å². The van der Waals surface area contributed by atoms with Crippen LogP contribution in [0.25, 0.3) is 0 Å². The summed E-state index contributed by atoms with van der Waals surface area (Å²) in [6.07, 6.45) is 1.65. The van der Waals surface area contributed by atoms with Gasteiger partial charge < -0.3 is 9.47 Å². The number of nitrogens with zero attached hydrogens (tertiary/aromatic N) is 3. The number of hydrogen-bond donors (Lipinski definition) is 0. The summed E-state index contributed by atoms with van der Waals surface area (Å²) in [6.45, 7) is -0.195. The van der Waals surface area contributed by atoms with E-state index in [0.29, 0.717) is 27.8 Å². The van der Waals surface area contributed by atoms with E-state index in [-0.39, 0.29) is 25.1 Å². The van der Waals surface area contributed by atoms with Crippen molar-refractivity contribution < 1.29 is 23.0 Å². The van der Waals surface area contributed by atoms with E-state index in [1.807, 2.05) is 0 Å². The minimum atomic E-state index is -1.06. The molecular formula is C23H21F2N3O5S. The van der Waals surface area contributed by atoms with Crippen LogP contribution in [0.4, 0.5) is 8.78 Å². The van der Waals surface area contributed by atoms with Crippen molar-refractivity contribution in [1.82, 2.24) is 14.1 Å². The maximum atomic E-state index is 13.6. The van der Waals surface area contributed by atoms with Crippen molar-refractivity contribution in [2.24, 2.45) is 13.0 Å². The Morgan fingerprint density at radius 3 is 2.71 bits per heavy atom. The molecule has 1 aliphatic heterocycles. The van der Waals surface area contributed by atoms with Crippen LogP contribution in [0.2, 0.25) is 0 Å². The Hall–Kier alpha value is -3.47. The normalized spacial score (nSPS) is 15.0. The first-order chi connectivity index (χ1) is 16.3. The van der Waals surface area contributed by atoms with E-state index in [4.69, 9.17) is 9.47 Å². The highest BCUT2D eigenvalue weighted by molar-refractivity contribution is 7.99. The third-order valence-electron chi connectivity index (χ3n) is 5.50. The Labute approximate surface area is 197 Å². The second-order valence-corrected chi connectivity index (χ2v) is 8.80. The summed E-state index contributed by atoms with van der Waals surface area (Å²) < 4.78 is 39.6. The number of aromatic nitrogens is 3. The van der Waals surface area contributed by atoms with Gasteiger partial charge in [0.1, 0.15) is 6.61 Å². The molecule has 1 aromatic carbocycles. The van der Waals surface area contributed by atoms with Gasteiger partial charge in [-0.25, -0.2) is 18.6 Å². The number of pyridine rings is 1. The number of rotatable bonds is 6. The van der Waals surface area contributed by atoms with Crippen LogP contribution >= 0.6 is 11.8 Å². The lowest BCUT2D eigenvalue weighted by Crippen LogP contribution is -2.44. The minimum absolute atomic E-state index is 0.0272. The molecule has 0 saturated heterocycles. The standard InChI is InChI=1S/C23H21F2N3O5S/c1-27-21-16(20(29)28(23(27)31)10-13-3-4-17(24)18(25)7-13)9-15(12-34-21)22(30)33-11-14-5-6-26-19(8-14)32-2/h3-8,15H,9-12H2,1-2H3. The predicted octanol–water partition coefficient (Wildman–Crippen LogP) is 2.28. The number of halogens is 2. The molecule has 34 heavy (non-hydrogen) atoms. The van der Waals surface area contributed by atoms with Gasteiger partial charge in [0.25, 0.3) is 5.56 Å². The van der Waals surface area contributed by atoms with Crippen LogP contribution in [0.15, 0.2) is 51.1 Å². The average Bonchev–Trinajstić information content (AvgIpc) is 2.85. The molecule has 178 valence electrons. The van der Waals surface area contributed by atoms with Crippen LogP contribution in [-0.4, -0.2) is 33.0 Å². The van der Waals surface area contributed by atoms with Crippen LogP contribution in [-0.2, 0) is 36.2 Å². The van der Waals surface area contributed by atoms with Crippen LogP contribution in [0.1, 0.15) is 16.7 Å². The molecule has 1 aliphatic rings. The van der Waals surface area contributed by atoms with Gasteiger partial charge in [0.15, 0.2) is 11.6 Å². The molecule has 0 amide bonds. The monoisotopic (exact) mass is 489 g/mol. The number of benzene rings is 1. The lowest BCUT2D eigenvalue weighted by molar-refractivity contribution is -0.149. The van der Waals surface area contributed by atoms with Crippen molar-refractivity contribution in [3.63, 3.8) is 0 Å². The van der Waals surface area contributed by atoms with Crippen molar-refractivity contribution in [3.05, 3.63) is 85.7 Å². The molecule has 8 nitrogen and oxygen atoms in total. The quantitative estimate of drug-likeness (QED) is 0.388. The lowest BCUT2D eigenvalue weighted by atomic mass is 10.0. The van der Waals surface area contributed by atoms with Crippen molar-refractivity contribution in [3.8, 4) is 5.88 Å². The van der Waals surface area contributed by atoms with Crippen molar-refractivity contribution in [1.29, 1.82) is 0 Å². The molecule has 4 rings (SSSR count). The van der Waals surface area contributed by atoms with Gasteiger partial charge in [0, 0.05) is 30.6 Å². The summed E-state index contributed by atoms with van der Waals surface area (Å²) in [5.74, 6) is -2.37. The maximum absolute atomic E-state index is 13.6. The third-order valence-corrected chi connectivity index (χ3v) is 6.87. The number of ether oxygens (including phenoxy) is 2. The first kappa shape index (κ1) is 23.7. The number of fused-ring (bicyclic) bond motifs is 1. The molecular weight excluding hydrogens is 468 g/mol. The van der Waals surface area contributed by atoms with E-state index in [1.165, 1.54) is 36.6 Å². The van der Waals surface area contributed by atoms with Crippen LogP contribution < -0.4 is 16.0 Å². The zero-order valence-corrected chi connectivity index (χ0v) is 19.2. The third kappa shape index (κ3) is 4.74. The summed E-state index contributed by atoms with van der Waals surface area (Å²) in [6, 6.07) is 6.56. The summed E-state index contributed by atoms with van der Waals surface area (Å²) in [5, 5.41) is 0.486. The van der Waals surface area contributed by atoms with Gasteiger partial charge in [-0.05, 0) is 35.7 Å². The molecule has 3 aromatic rings. The fraction of sp³-hybridized carbons (Fsp3) is 0.304. The molecule has 0 fully saturated rings. The number of carbonyl (C=O) groups excluding carboxylic acids is 1. The van der Waals surface area contributed by atoms with Gasteiger partial charge in [0.05, 0.1) is 24.6 Å². The zero-order valence-electron chi connectivity index (χ0n) is 18.4. The van der Waals surface area contributed by atoms with E-state index < -0.39 is 34.8 Å². The minimum Gasteiger partial charge on any atom is -0.481 e. The molecule has 3 heterocycles. The highest BCUT2D eigenvalue weighted by atomic mass is 32.2. The van der Waals surface area contributed by atoms with E-state index in [0.717, 1.165) is 16.7 Å². The predicted molar refractivity (Wildman–Crippen MR) is 120 cm³/mol. The number of methoxy groups -OCH3 is 1. The smallest absolute Gasteiger partial charge is 0.331 e. The first-order valence-electron chi connectivity index (χ1n) is 10.3. The highest BCUT2D eigenvalue weighted by Gasteiger charge is 2.31. The molecule has 0 radical (unpaired) electrons. The van der Waals surface area contributed by atoms with E-state index in [1.54, 1.807) is 18.3 Å². The van der Waals surface area contributed by atoms with Gasteiger partial charge in [-0.2, -0.15) is 0 Å². The maximum Gasteiger partial charge on any atom is 0.331 e. The molecule has 2 aromatic heterocycles. The van der Waals surface area contributed by atoms with Crippen LogP contribution in [0.5, 0.6) is 5.88 Å². The van der Waals surface area contributed by atoms with Gasteiger partial charge in [-0.3, -0.25) is 18.7 Å². The Balaban J connectivity index is 1.55. The van der Waals surface area contributed by atoms with Gasteiger partial charge >= 0.3 is 11.7 Å². The average molecular weight is 490 g/mol. The van der Waals surface area contributed by atoms with E-state index in [9.17, 15) is 23.2 Å². The summed E-state index contributed by atoms with van der Waals surface area (Å²) >= 11 is 1.24. The van der Waals surface area contributed by atoms with E-state index in [2.05, 4.69) is 4.98 Å². The molecule has 0 aliphatic carbocycles. The first-order valence-corrected chi connectivity index (χ1v) is 11.3. The molecule has 1 atom stereocenters. The molecule has 0 N–H and O–H groups in total. The summed E-state index contributed by atoms with van der Waals surface area (Å²) in [4.78, 5) is 42.6. The van der Waals surface area contributed by atoms with Crippen molar-refractivity contribution >= 4 is 17.7 Å². The summed E-state index contributed by atoms with van der Waals surface area (Å²) in [7, 11) is 3.02. The lowest BCUT2D eigenvalue weighted by Gasteiger charge is -2.25. The van der Waals surface area contributed by atoms with Gasteiger partial charge in [0.2, 0.25) is 5.88 Å². The number of carbonyl (C=O) groups is 1. The second kappa shape index (κ2) is 9.80. The fourth-order valence-electron chi connectivity index (χ4n) is 3.69. The SMILES string of the molecule is COc1cc(COC(=O)C2CSc3c(c(=O)n(Cc4ccc(F)c(F)c4)c(=O)n3C)C2)ccn1. The fourth-order valence-corrected chi connectivity index (χ4v) is 4.92. The topological polar surface area (TPSA) is 92.4 Å². The molecule has 0 bridgehead atoms. The Bertz CT molecular complexity index is 1370.